The van der Waals surface area contributed by atoms with E-state index in [9.17, 15) is 0 Å². The van der Waals surface area contributed by atoms with Gasteiger partial charge in [-0.15, -0.1) is 12.4 Å². The number of hydrogen-bond acceptors (Lipinski definition) is 2. The molecule has 1 aliphatic rings. The van der Waals surface area contributed by atoms with Crippen molar-refractivity contribution in [3.05, 3.63) is 47.6 Å². The molecule has 3 heteroatoms. The van der Waals surface area contributed by atoms with Crippen LogP contribution < -0.4 is 4.74 Å². The monoisotopic (exact) mass is 279 g/mol. The average molecular weight is 280 g/mol. The predicted octanol–water partition coefficient (Wildman–Crippen LogP) is 3.78. The lowest BCUT2D eigenvalue weighted by Gasteiger charge is -2.23. The normalized spacial score (nSPS) is 16.0. The quantitative estimate of drug-likeness (QED) is 0.832. The molecule has 2 nitrogen and oxygen atoms in total. The van der Waals surface area contributed by atoms with Crippen LogP contribution in [0.25, 0.3) is 6.08 Å². The molecule has 0 saturated heterocycles. The van der Waals surface area contributed by atoms with Crippen molar-refractivity contribution in [3.8, 4) is 5.75 Å². The number of ether oxygens (including phenoxy) is 1. The molecule has 0 amide bonds. The van der Waals surface area contributed by atoms with E-state index in [2.05, 4.69) is 42.2 Å². The molecule has 1 aromatic carbocycles. The highest BCUT2D eigenvalue weighted by Gasteiger charge is 2.07. The first-order valence-electron chi connectivity index (χ1n) is 6.55. The summed E-state index contributed by atoms with van der Waals surface area (Å²) in [6.45, 7) is 5.62. The maximum Gasteiger partial charge on any atom is 0.118 e. The van der Waals surface area contributed by atoms with Gasteiger partial charge in [0.2, 0.25) is 0 Å². The van der Waals surface area contributed by atoms with Crippen molar-refractivity contribution in [2.75, 3.05) is 26.7 Å². The first kappa shape index (κ1) is 15.8. The molecule has 0 unspecified atom stereocenters. The van der Waals surface area contributed by atoms with E-state index in [4.69, 9.17) is 4.74 Å². The fraction of sp³-hybridized carbons (Fsp3) is 0.375. The van der Waals surface area contributed by atoms with Crippen molar-refractivity contribution < 1.29 is 4.74 Å². The van der Waals surface area contributed by atoms with Crippen LogP contribution in [0.4, 0.5) is 0 Å². The smallest absolute Gasteiger partial charge is 0.118 e. The second kappa shape index (κ2) is 8.03. The highest BCUT2D eigenvalue weighted by atomic mass is 35.5. The Bertz CT molecular complexity index is 437. The Morgan fingerprint density at radius 3 is 2.47 bits per heavy atom. The largest absolute Gasteiger partial charge is 0.497 e. The summed E-state index contributed by atoms with van der Waals surface area (Å²) in [6.07, 6.45) is 7.88. The van der Waals surface area contributed by atoms with Crippen molar-refractivity contribution in [2.45, 2.75) is 13.3 Å². The Balaban J connectivity index is 0.00000180. The fourth-order valence-corrected chi connectivity index (χ4v) is 2.08. The third-order valence-corrected chi connectivity index (χ3v) is 3.38. The lowest BCUT2D eigenvalue weighted by atomic mass is 10.1. The molecule has 19 heavy (non-hydrogen) atoms. The van der Waals surface area contributed by atoms with Crippen LogP contribution >= 0.6 is 12.4 Å². The summed E-state index contributed by atoms with van der Waals surface area (Å²) in [6, 6.07) is 8.15. The lowest BCUT2D eigenvalue weighted by molar-refractivity contribution is 0.312. The molecular formula is C16H22ClNO. The van der Waals surface area contributed by atoms with Gasteiger partial charge in [0.05, 0.1) is 7.11 Å². The second-order valence-corrected chi connectivity index (χ2v) is 4.53. The van der Waals surface area contributed by atoms with Crippen LogP contribution in [-0.4, -0.2) is 31.6 Å². The zero-order chi connectivity index (χ0) is 12.8. The number of allylic oxidation sites excluding steroid dienone is 1. The van der Waals surface area contributed by atoms with Gasteiger partial charge >= 0.3 is 0 Å². The number of benzene rings is 1. The van der Waals surface area contributed by atoms with Crippen LogP contribution in [-0.2, 0) is 0 Å². The van der Waals surface area contributed by atoms with Crippen LogP contribution in [0.3, 0.4) is 0 Å². The third-order valence-electron chi connectivity index (χ3n) is 3.38. The Labute approximate surface area is 122 Å². The summed E-state index contributed by atoms with van der Waals surface area (Å²) >= 11 is 0. The summed E-state index contributed by atoms with van der Waals surface area (Å²) in [5.41, 5.74) is 2.66. The molecule has 104 valence electrons. The maximum atomic E-state index is 5.15. The second-order valence-electron chi connectivity index (χ2n) is 4.53. The number of halogens is 1. The molecule has 0 saturated carbocycles. The summed E-state index contributed by atoms with van der Waals surface area (Å²) in [4.78, 5) is 2.45. The van der Waals surface area contributed by atoms with Crippen LogP contribution in [0.5, 0.6) is 5.75 Å². The molecule has 2 rings (SSSR count). The van der Waals surface area contributed by atoms with E-state index >= 15 is 0 Å². The zero-order valence-corrected chi connectivity index (χ0v) is 12.5. The topological polar surface area (TPSA) is 12.5 Å². The molecule has 0 N–H and O–H groups in total. The van der Waals surface area contributed by atoms with Crippen molar-refractivity contribution in [3.63, 3.8) is 0 Å². The summed E-state index contributed by atoms with van der Waals surface area (Å²) < 4.78 is 5.15. The zero-order valence-electron chi connectivity index (χ0n) is 11.6. The van der Waals surface area contributed by atoms with E-state index in [-0.39, 0.29) is 12.4 Å². The van der Waals surface area contributed by atoms with Gasteiger partial charge in [-0.05, 0) is 36.2 Å². The molecular weight excluding hydrogens is 258 g/mol. The lowest BCUT2D eigenvalue weighted by Crippen LogP contribution is -2.27. The van der Waals surface area contributed by atoms with Crippen LogP contribution in [0.15, 0.2) is 42.0 Å². The van der Waals surface area contributed by atoms with Gasteiger partial charge in [0.1, 0.15) is 5.75 Å². The fourth-order valence-electron chi connectivity index (χ4n) is 2.08. The minimum Gasteiger partial charge on any atom is -0.497 e. The molecule has 1 heterocycles. The Kier molecular flexibility index (Phi) is 6.68. The van der Waals surface area contributed by atoms with Crippen molar-refractivity contribution in [1.29, 1.82) is 0 Å². The Hall–Kier alpha value is -1.25. The van der Waals surface area contributed by atoms with Crippen molar-refractivity contribution >= 4 is 18.5 Å². The minimum absolute atomic E-state index is 0. The molecule has 0 radical (unpaired) electrons. The SMILES string of the molecule is CCN1CC=C(/C=C/c2ccc(OC)cc2)CC1.Cl. The molecule has 0 aromatic heterocycles. The highest BCUT2D eigenvalue weighted by molar-refractivity contribution is 5.85. The van der Waals surface area contributed by atoms with E-state index in [1.54, 1.807) is 7.11 Å². The third kappa shape index (κ3) is 4.73. The molecule has 0 spiro atoms. The van der Waals surface area contributed by atoms with E-state index in [0.29, 0.717) is 0 Å². The minimum atomic E-state index is 0. The predicted molar refractivity (Wildman–Crippen MR) is 84.1 cm³/mol. The standard InChI is InChI=1S/C16H21NO.ClH/c1-3-17-12-10-15(11-13-17)5-4-14-6-8-16(18-2)9-7-14;/h4-10H,3,11-13H2,1-2H3;1H/b5-4+;. The molecule has 0 aliphatic carbocycles. The maximum absolute atomic E-state index is 5.15. The van der Waals surface area contributed by atoms with Crippen molar-refractivity contribution in [2.24, 2.45) is 0 Å². The van der Waals surface area contributed by atoms with Crippen LogP contribution in [0, 0.1) is 0 Å². The summed E-state index contributed by atoms with van der Waals surface area (Å²) in [5, 5.41) is 0. The van der Waals surface area contributed by atoms with Gasteiger partial charge in [-0.1, -0.05) is 37.3 Å². The van der Waals surface area contributed by atoms with E-state index < -0.39 is 0 Å². The number of likely N-dealkylation sites (N-methyl/N-ethyl adjacent to an activating group) is 1. The van der Waals surface area contributed by atoms with Crippen molar-refractivity contribution in [1.82, 2.24) is 4.90 Å². The molecule has 0 atom stereocenters. The first-order valence-corrected chi connectivity index (χ1v) is 6.55. The van der Waals surface area contributed by atoms with Gasteiger partial charge in [-0.2, -0.15) is 0 Å². The summed E-state index contributed by atoms with van der Waals surface area (Å²) in [7, 11) is 1.69. The molecule has 1 aliphatic heterocycles. The first-order chi connectivity index (χ1) is 8.81. The molecule has 1 aromatic rings. The summed E-state index contributed by atoms with van der Waals surface area (Å²) in [5.74, 6) is 0.905. The van der Waals surface area contributed by atoms with Gasteiger partial charge in [0, 0.05) is 13.1 Å². The molecule has 0 bridgehead atoms. The van der Waals surface area contributed by atoms with E-state index in [1.165, 1.54) is 17.7 Å². The van der Waals surface area contributed by atoms with Crippen LogP contribution in [0.1, 0.15) is 18.9 Å². The Morgan fingerprint density at radius 1 is 1.21 bits per heavy atom. The number of methoxy groups -OCH3 is 1. The van der Waals surface area contributed by atoms with E-state index in [0.717, 1.165) is 25.3 Å². The van der Waals surface area contributed by atoms with Gasteiger partial charge in [-0.3, -0.25) is 4.90 Å². The molecule has 0 fully saturated rings. The number of hydrogen-bond donors (Lipinski definition) is 0. The van der Waals surface area contributed by atoms with Gasteiger partial charge in [-0.25, -0.2) is 0 Å². The Morgan fingerprint density at radius 2 is 1.95 bits per heavy atom. The van der Waals surface area contributed by atoms with Gasteiger partial charge in [0.25, 0.3) is 0 Å². The van der Waals surface area contributed by atoms with Crippen LogP contribution in [0.2, 0.25) is 0 Å². The van der Waals surface area contributed by atoms with E-state index in [1.807, 2.05) is 12.1 Å². The van der Waals surface area contributed by atoms with Gasteiger partial charge < -0.3 is 4.74 Å². The average Bonchev–Trinajstić information content (AvgIpc) is 2.46. The van der Waals surface area contributed by atoms with Gasteiger partial charge in [0.15, 0.2) is 0 Å². The highest BCUT2D eigenvalue weighted by Crippen LogP contribution is 2.16. The number of rotatable bonds is 4. The number of nitrogens with zero attached hydrogens (tertiary/aromatic N) is 1.